The van der Waals surface area contributed by atoms with Crippen molar-refractivity contribution in [3.8, 4) is 22.7 Å². The number of furan rings is 1. The highest BCUT2D eigenvalue weighted by atomic mass is 32.1. The van der Waals surface area contributed by atoms with Gasteiger partial charge in [-0.1, -0.05) is 0 Å². The lowest BCUT2D eigenvalue weighted by Crippen LogP contribution is -2.12. The number of nitrogens with one attached hydrogen (secondary N) is 2. The molecule has 4 aromatic rings. The third-order valence-electron chi connectivity index (χ3n) is 3.28. The van der Waals surface area contributed by atoms with E-state index in [0.717, 1.165) is 11.3 Å². The van der Waals surface area contributed by atoms with Crippen LogP contribution < -0.4 is 5.32 Å². The quantitative estimate of drug-likeness (QED) is 0.594. The molecule has 0 saturated carbocycles. The molecule has 118 valence electrons. The normalized spacial score (nSPS) is 10.7. The second-order valence-electron chi connectivity index (χ2n) is 4.88. The first-order valence-electron chi connectivity index (χ1n) is 7.06. The molecule has 0 aliphatic heterocycles. The summed E-state index contributed by atoms with van der Waals surface area (Å²) >= 11 is 1.34. The first-order valence-corrected chi connectivity index (χ1v) is 7.94. The van der Waals surface area contributed by atoms with Gasteiger partial charge in [-0.2, -0.15) is 5.10 Å². The Balaban J connectivity index is 1.50. The highest BCUT2D eigenvalue weighted by Gasteiger charge is 2.14. The maximum atomic E-state index is 12.3. The molecule has 0 fully saturated rings. The lowest BCUT2D eigenvalue weighted by molar-refractivity contribution is 0.102. The Kier molecular flexibility index (Phi) is 3.64. The number of anilines is 1. The van der Waals surface area contributed by atoms with Crippen molar-refractivity contribution in [3.05, 3.63) is 60.1 Å². The van der Waals surface area contributed by atoms with Crippen LogP contribution in [0.2, 0.25) is 0 Å². The smallest absolute Gasteiger partial charge is 0.277 e. The van der Waals surface area contributed by atoms with Crippen LogP contribution in [0.15, 0.2) is 58.8 Å². The van der Waals surface area contributed by atoms with E-state index in [1.165, 1.54) is 11.3 Å². The number of hydrogen-bond donors (Lipinski definition) is 2. The summed E-state index contributed by atoms with van der Waals surface area (Å²) in [6.45, 7) is 0. The molecule has 4 heterocycles. The molecule has 8 heteroatoms. The fourth-order valence-corrected chi connectivity index (χ4v) is 2.85. The molecule has 0 spiro atoms. The Morgan fingerprint density at radius 3 is 3.04 bits per heavy atom. The van der Waals surface area contributed by atoms with Crippen molar-refractivity contribution >= 4 is 22.4 Å². The van der Waals surface area contributed by atoms with Crippen molar-refractivity contribution < 1.29 is 9.21 Å². The number of nitrogens with zero attached hydrogens (tertiary/aromatic N) is 3. The molecule has 0 aromatic carbocycles. The summed E-state index contributed by atoms with van der Waals surface area (Å²) < 4.78 is 5.26. The molecule has 0 saturated heterocycles. The molecule has 24 heavy (non-hydrogen) atoms. The van der Waals surface area contributed by atoms with Gasteiger partial charge in [-0.3, -0.25) is 20.2 Å². The van der Waals surface area contributed by atoms with Gasteiger partial charge in [-0.25, -0.2) is 4.98 Å². The van der Waals surface area contributed by atoms with Gasteiger partial charge in [0, 0.05) is 29.4 Å². The molecule has 0 bridgehead atoms. The molecule has 0 radical (unpaired) electrons. The molecule has 2 N–H and O–H groups in total. The summed E-state index contributed by atoms with van der Waals surface area (Å²) in [5.74, 6) is 0.283. The highest BCUT2D eigenvalue weighted by molar-refractivity contribution is 7.14. The Hall–Kier alpha value is -3.26. The van der Waals surface area contributed by atoms with Gasteiger partial charge >= 0.3 is 0 Å². The van der Waals surface area contributed by atoms with Gasteiger partial charge in [0.25, 0.3) is 5.91 Å². The highest BCUT2D eigenvalue weighted by Crippen LogP contribution is 2.24. The minimum atomic E-state index is -0.337. The zero-order valence-electron chi connectivity index (χ0n) is 12.3. The number of thiazole rings is 1. The fourth-order valence-electron chi connectivity index (χ4n) is 2.14. The van der Waals surface area contributed by atoms with E-state index < -0.39 is 0 Å². The molecular weight excluding hydrogens is 326 g/mol. The summed E-state index contributed by atoms with van der Waals surface area (Å²) in [6.07, 6.45) is 4.99. The van der Waals surface area contributed by atoms with Crippen LogP contribution in [0.3, 0.4) is 0 Å². The molecule has 4 rings (SSSR count). The van der Waals surface area contributed by atoms with Crippen molar-refractivity contribution in [1.29, 1.82) is 0 Å². The van der Waals surface area contributed by atoms with Crippen LogP contribution in [-0.4, -0.2) is 26.1 Å². The summed E-state index contributed by atoms with van der Waals surface area (Å²) in [7, 11) is 0. The number of aromatic nitrogens is 4. The van der Waals surface area contributed by atoms with E-state index in [0.29, 0.717) is 16.6 Å². The van der Waals surface area contributed by atoms with E-state index in [1.807, 2.05) is 17.5 Å². The van der Waals surface area contributed by atoms with Crippen LogP contribution >= 0.6 is 11.3 Å². The van der Waals surface area contributed by atoms with Gasteiger partial charge in [0.15, 0.2) is 16.6 Å². The van der Waals surface area contributed by atoms with Crippen molar-refractivity contribution in [2.75, 3.05) is 5.32 Å². The van der Waals surface area contributed by atoms with Gasteiger partial charge in [0.2, 0.25) is 0 Å². The van der Waals surface area contributed by atoms with Gasteiger partial charge in [0.05, 0.1) is 12.0 Å². The van der Waals surface area contributed by atoms with Crippen molar-refractivity contribution in [2.45, 2.75) is 0 Å². The zero-order valence-corrected chi connectivity index (χ0v) is 13.1. The topological polar surface area (TPSA) is 96.7 Å². The Bertz CT molecular complexity index is 959. The van der Waals surface area contributed by atoms with Crippen molar-refractivity contribution in [1.82, 2.24) is 20.2 Å². The molecule has 0 unspecified atom stereocenters. The number of hydrogen-bond acceptors (Lipinski definition) is 6. The van der Waals surface area contributed by atoms with E-state index in [9.17, 15) is 4.79 Å². The standard InChI is InChI=1S/C16H11N5O2S/c22-15(12-7-11(20-21-12)14-4-2-6-23-14)19-16-18-13(9-24-16)10-3-1-5-17-8-10/h1-9H,(H,20,21)(H,18,19,22). The fraction of sp³-hybridized carbons (Fsp3) is 0. The van der Waals surface area contributed by atoms with E-state index in [1.54, 1.807) is 36.9 Å². The number of aromatic amines is 1. The van der Waals surface area contributed by atoms with Gasteiger partial charge in [-0.05, 0) is 24.3 Å². The van der Waals surface area contributed by atoms with Crippen molar-refractivity contribution in [3.63, 3.8) is 0 Å². The summed E-state index contributed by atoms with van der Waals surface area (Å²) in [6, 6.07) is 8.94. The number of H-pyrrole nitrogens is 1. The Labute approximate surface area is 140 Å². The second-order valence-corrected chi connectivity index (χ2v) is 5.74. The summed E-state index contributed by atoms with van der Waals surface area (Å²) in [5, 5.41) is 11.9. The average Bonchev–Trinajstić information content (AvgIpc) is 3.36. The van der Waals surface area contributed by atoms with E-state index in [2.05, 4.69) is 25.5 Å². The van der Waals surface area contributed by atoms with Gasteiger partial charge < -0.3 is 4.42 Å². The Morgan fingerprint density at radius 2 is 2.25 bits per heavy atom. The molecular formula is C16H11N5O2S. The number of rotatable bonds is 4. The van der Waals surface area contributed by atoms with Crippen LogP contribution in [0.25, 0.3) is 22.7 Å². The van der Waals surface area contributed by atoms with Gasteiger partial charge in [-0.15, -0.1) is 11.3 Å². The predicted molar refractivity (Wildman–Crippen MR) is 89.6 cm³/mol. The number of amides is 1. The number of carbonyl (C=O) groups excluding carboxylic acids is 1. The molecule has 1 amide bonds. The third kappa shape index (κ3) is 2.82. The largest absolute Gasteiger partial charge is 0.463 e. The third-order valence-corrected chi connectivity index (χ3v) is 4.04. The molecule has 0 atom stereocenters. The Morgan fingerprint density at radius 1 is 1.29 bits per heavy atom. The molecule has 4 aromatic heterocycles. The summed E-state index contributed by atoms with van der Waals surface area (Å²) in [4.78, 5) is 20.7. The van der Waals surface area contributed by atoms with E-state index in [4.69, 9.17) is 4.42 Å². The van der Waals surface area contributed by atoms with Crippen LogP contribution in [0, 0.1) is 0 Å². The van der Waals surface area contributed by atoms with Crippen LogP contribution in [0.1, 0.15) is 10.5 Å². The first-order chi connectivity index (χ1) is 11.8. The average molecular weight is 337 g/mol. The number of pyridine rings is 1. The minimum absolute atomic E-state index is 0.263. The number of carbonyl (C=O) groups is 1. The molecule has 0 aliphatic rings. The maximum absolute atomic E-state index is 12.3. The van der Waals surface area contributed by atoms with E-state index >= 15 is 0 Å². The van der Waals surface area contributed by atoms with E-state index in [-0.39, 0.29) is 11.6 Å². The lowest BCUT2D eigenvalue weighted by atomic mass is 10.2. The minimum Gasteiger partial charge on any atom is -0.463 e. The lowest BCUT2D eigenvalue weighted by Gasteiger charge is -1.97. The zero-order chi connectivity index (χ0) is 16.4. The SMILES string of the molecule is O=C(Nc1nc(-c2cccnc2)cs1)c1cc(-c2ccco2)[nH]n1. The van der Waals surface area contributed by atoms with Crippen molar-refractivity contribution in [2.24, 2.45) is 0 Å². The van der Waals surface area contributed by atoms with Gasteiger partial charge in [0.1, 0.15) is 5.69 Å². The first kappa shape index (κ1) is 14.3. The van der Waals surface area contributed by atoms with Crippen LogP contribution in [0.4, 0.5) is 5.13 Å². The van der Waals surface area contributed by atoms with Crippen LogP contribution in [-0.2, 0) is 0 Å². The molecule has 0 aliphatic carbocycles. The second kappa shape index (κ2) is 6.09. The predicted octanol–water partition coefficient (Wildman–Crippen LogP) is 3.44. The monoisotopic (exact) mass is 337 g/mol. The maximum Gasteiger partial charge on any atom is 0.277 e. The molecule has 7 nitrogen and oxygen atoms in total. The van der Waals surface area contributed by atoms with Crippen LogP contribution in [0.5, 0.6) is 0 Å². The summed E-state index contributed by atoms with van der Waals surface area (Å²) in [5.41, 5.74) is 2.57.